The molecule has 0 bridgehead atoms. The van der Waals surface area contributed by atoms with Crippen molar-refractivity contribution < 1.29 is 5.11 Å². The molecule has 1 saturated heterocycles. The Hall–Kier alpha value is -1.06. The van der Waals surface area contributed by atoms with E-state index in [9.17, 15) is 5.11 Å². The first kappa shape index (κ1) is 12.4. The number of nitrogen functional groups attached to an aromatic ring is 1. The number of hydrogen-bond donors (Lipinski definition) is 2. The molecule has 1 aromatic rings. The fraction of sp³-hybridized carbons (Fsp3) is 0.571. The highest BCUT2D eigenvalue weighted by Gasteiger charge is 2.20. The fourth-order valence-electron chi connectivity index (χ4n) is 2.59. The van der Waals surface area contributed by atoms with Crippen molar-refractivity contribution in [3.05, 3.63) is 29.8 Å². The van der Waals surface area contributed by atoms with Crippen molar-refractivity contribution in [1.82, 2.24) is 4.90 Å². The number of aliphatic hydroxyl groups is 1. The summed E-state index contributed by atoms with van der Waals surface area (Å²) in [5, 5.41) is 9.36. The number of nitrogens with zero attached hydrogens (tertiary/aromatic N) is 1. The van der Waals surface area contributed by atoms with E-state index in [4.69, 9.17) is 5.73 Å². The van der Waals surface area contributed by atoms with Crippen LogP contribution in [-0.4, -0.2) is 35.7 Å². The van der Waals surface area contributed by atoms with E-state index in [1.54, 1.807) is 0 Å². The Labute approximate surface area is 103 Å². The molecular formula is C14H22N2O. The number of nitrogens with two attached hydrogens (primary N) is 1. The maximum Gasteiger partial charge on any atom is 0.0639 e. The lowest BCUT2D eigenvalue weighted by molar-refractivity contribution is 0.109. The lowest BCUT2D eigenvalue weighted by atomic mass is 9.89. The van der Waals surface area contributed by atoms with E-state index in [1.807, 2.05) is 19.1 Å². The van der Waals surface area contributed by atoms with E-state index in [1.165, 1.54) is 18.4 Å². The van der Waals surface area contributed by atoms with Gasteiger partial charge in [0.25, 0.3) is 0 Å². The van der Waals surface area contributed by atoms with Crippen molar-refractivity contribution in [3.8, 4) is 0 Å². The molecule has 1 aliphatic rings. The number of benzene rings is 1. The Morgan fingerprint density at radius 1 is 1.29 bits per heavy atom. The number of likely N-dealkylation sites (tertiary alicyclic amines) is 1. The average Bonchev–Trinajstić information content (AvgIpc) is 2.30. The first-order valence-corrected chi connectivity index (χ1v) is 6.41. The predicted octanol–water partition coefficient (Wildman–Crippen LogP) is 1.83. The molecule has 3 heteroatoms. The number of piperidine rings is 1. The molecule has 0 saturated carbocycles. The topological polar surface area (TPSA) is 49.5 Å². The molecule has 0 aliphatic carbocycles. The fourth-order valence-corrected chi connectivity index (χ4v) is 2.59. The van der Waals surface area contributed by atoms with Gasteiger partial charge in [0.05, 0.1) is 6.10 Å². The highest BCUT2D eigenvalue weighted by Crippen LogP contribution is 2.28. The van der Waals surface area contributed by atoms with Crippen molar-refractivity contribution in [2.75, 3.05) is 25.4 Å². The molecule has 17 heavy (non-hydrogen) atoms. The van der Waals surface area contributed by atoms with Crippen LogP contribution >= 0.6 is 0 Å². The lowest BCUT2D eigenvalue weighted by Gasteiger charge is -2.32. The van der Waals surface area contributed by atoms with E-state index in [-0.39, 0.29) is 6.10 Å². The monoisotopic (exact) mass is 234 g/mol. The molecule has 0 amide bonds. The third-order valence-electron chi connectivity index (χ3n) is 3.52. The van der Waals surface area contributed by atoms with Crippen LogP contribution in [0.4, 0.5) is 5.69 Å². The van der Waals surface area contributed by atoms with Crippen LogP contribution in [0.25, 0.3) is 0 Å². The van der Waals surface area contributed by atoms with Gasteiger partial charge in [0.2, 0.25) is 0 Å². The molecule has 1 aromatic carbocycles. The van der Waals surface area contributed by atoms with Gasteiger partial charge in [-0.05, 0) is 56.5 Å². The van der Waals surface area contributed by atoms with Crippen LogP contribution in [0.2, 0.25) is 0 Å². The van der Waals surface area contributed by atoms with Crippen molar-refractivity contribution in [3.63, 3.8) is 0 Å². The second kappa shape index (κ2) is 5.52. The van der Waals surface area contributed by atoms with Gasteiger partial charge < -0.3 is 15.7 Å². The zero-order valence-corrected chi connectivity index (χ0v) is 10.5. The predicted molar refractivity (Wildman–Crippen MR) is 71.0 cm³/mol. The maximum absolute atomic E-state index is 9.36. The maximum atomic E-state index is 9.36. The summed E-state index contributed by atoms with van der Waals surface area (Å²) in [5.41, 5.74) is 7.93. The molecule has 2 rings (SSSR count). The van der Waals surface area contributed by atoms with Crippen LogP contribution in [0.3, 0.4) is 0 Å². The van der Waals surface area contributed by atoms with Crippen LogP contribution in [0, 0.1) is 0 Å². The van der Waals surface area contributed by atoms with E-state index in [0.717, 1.165) is 25.3 Å². The van der Waals surface area contributed by atoms with Crippen molar-refractivity contribution in [2.45, 2.75) is 31.8 Å². The Morgan fingerprint density at radius 3 is 2.41 bits per heavy atom. The van der Waals surface area contributed by atoms with Gasteiger partial charge in [-0.25, -0.2) is 0 Å². The minimum absolute atomic E-state index is 0.219. The second-order valence-corrected chi connectivity index (χ2v) is 5.09. The molecule has 1 fully saturated rings. The molecule has 3 nitrogen and oxygen atoms in total. The second-order valence-electron chi connectivity index (χ2n) is 5.09. The normalized spacial score (nSPS) is 20.4. The Kier molecular flexibility index (Phi) is 4.02. The summed E-state index contributed by atoms with van der Waals surface area (Å²) in [6, 6.07) is 8.25. The van der Waals surface area contributed by atoms with Gasteiger partial charge in [-0.3, -0.25) is 0 Å². The SMILES string of the molecule is C[C@H](O)CN1CCC(c2ccc(N)cc2)CC1. The molecule has 3 N–H and O–H groups in total. The summed E-state index contributed by atoms with van der Waals surface area (Å²) < 4.78 is 0. The molecule has 94 valence electrons. The summed E-state index contributed by atoms with van der Waals surface area (Å²) >= 11 is 0. The third kappa shape index (κ3) is 3.45. The molecule has 1 aliphatic heterocycles. The summed E-state index contributed by atoms with van der Waals surface area (Å²) in [4.78, 5) is 2.35. The Morgan fingerprint density at radius 2 is 1.88 bits per heavy atom. The first-order chi connectivity index (χ1) is 8.15. The minimum atomic E-state index is -0.219. The summed E-state index contributed by atoms with van der Waals surface area (Å²) in [6.45, 7) is 4.82. The van der Waals surface area contributed by atoms with E-state index in [0.29, 0.717) is 5.92 Å². The van der Waals surface area contributed by atoms with Gasteiger partial charge in [-0.2, -0.15) is 0 Å². The van der Waals surface area contributed by atoms with E-state index in [2.05, 4.69) is 17.0 Å². The van der Waals surface area contributed by atoms with Crippen molar-refractivity contribution >= 4 is 5.69 Å². The van der Waals surface area contributed by atoms with Crippen LogP contribution in [-0.2, 0) is 0 Å². The first-order valence-electron chi connectivity index (χ1n) is 6.41. The molecule has 0 aromatic heterocycles. The zero-order valence-electron chi connectivity index (χ0n) is 10.5. The quantitative estimate of drug-likeness (QED) is 0.784. The van der Waals surface area contributed by atoms with Gasteiger partial charge in [0, 0.05) is 12.2 Å². The summed E-state index contributed by atoms with van der Waals surface area (Å²) in [6.07, 6.45) is 2.14. The molecule has 1 atom stereocenters. The molecule has 0 radical (unpaired) electrons. The highest BCUT2D eigenvalue weighted by atomic mass is 16.3. The van der Waals surface area contributed by atoms with E-state index >= 15 is 0 Å². The van der Waals surface area contributed by atoms with Crippen LogP contribution in [0.5, 0.6) is 0 Å². The number of aliphatic hydroxyl groups excluding tert-OH is 1. The zero-order chi connectivity index (χ0) is 12.3. The lowest BCUT2D eigenvalue weighted by Crippen LogP contribution is -2.37. The van der Waals surface area contributed by atoms with Gasteiger partial charge in [0.1, 0.15) is 0 Å². The number of β-amino-alcohol motifs (C(OH)–C–C–N with tert-alkyl or cyclic N) is 1. The summed E-state index contributed by atoms with van der Waals surface area (Å²) in [5.74, 6) is 0.654. The Balaban J connectivity index is 1.88. The molecule has 0 unspecified atom stereocenters. The Bertz CT molecular complexity index is 340. The van der Waals surface area contributed by atoms with Gasteiger partial charge in [-0.1, -0.05) is 12.1 Å². The molecular weight excluding hydrogens is 212 g/mol. The molecule has 1 heterocycles. The average molecular weight is 234 g/mol. The highest BCUT2D eigenvalue weighted by molar-refractivity contribution is 5.40. The van der Waals surface area contributed by atoms with Crippen LogP contribution in [0.15, 0.2) is 24.3 Å². The van der Waals surface area contributed by atoms with Crippen LogP contribution < -0.4 is 5.73 Å². The van der Waals surface area contributed by atoms with Gasteiger partial charge >= 0.3 is 0 Å². The van der Waals surface area contributed by atoms with E-state index < -0.39 is 0 Å². The van der Waals surface area contributed by atoms with Crippen molar-refractivity contribution in [1.29, 1.82) is 0 Å². The van der Waals surface area contributed by atoms with Crippen molar-refractivity contribution in [2.24, 2.45) is 0 Å². The number of anilines is 1. The van der Waals surface area contributed by atoms with Gasteiger partial charge in [-0.15, -0.1) is 0 Å². The minimum Gasteiger partial charge on any atom is -0.399 e. The van der Waals surface area contributed by atoms with Gasteiger partial charge in [0.15, 0.2) is 0 Å². The molecule has 0 spiro atoms. The standard InChI is InChI=1S/C14H22N2O/c1-11(17)10-16-8-6-13(7-9-16)12-2-4-14(15)5-3-12/h2-5,11,13,17H,6-10,15H2,1H3/t11-/m0/s1. The van der Waals surface area contributed by atoms with Crippen LogP contribution in [0.1, 0.15) is 31.2 Å². The third-order valence-corrected chi connectivity index (χ3v) is 3.52. The number of hydrogen-bond acceptors (Lipinski definition) is 3. The summed E-state index contributed by atoms with van der Waals surface area (Å²) in [7, 11) is 0. The smallest absolute Gasteiger partial charge is 0.0639 e. The largest absolute Gasteiger partial charge is 0.399 e. The number of rotatable bonds is 3.